The minimum atomic E-state index is -5.32. The smallest absolute Gasteiger partial charge is 0.448 e. The summed E-state index contributed by atoms with van der Waals surface area (Å²) >= 11 is 0. The van der Waals surface area contributed by atoms with Crippen molar-refractivity contribution in [2.45, 2.75) is 36.6 Å². The fraction of sp³-hybridized carbons (Fsp3) is 0.276. The first-order chi connectivity index (χ1) is 21.2. The van der Waals surface area contributed by atoms with Gasteiger partial charge in [0.15, 0.2) is 29.3 Å². The van der Waals surface area contributed by atoms with Crippen LogP contribution in [-0.2, 0) is 14.3 Å². The third kappa shape index (κ3) is 5.71. The third-order valence-corrected chi connectivity index (χ3v) is 7.26. The molecular weight excluding hydrogens is 583 g/mol. The minimum Gasteiger partial charge on any atom is -0.448 e. The molecule has 1 aliphatic heterocycles. The van der Waals surface area contributed by atoms with Crippen LogP contribution in [0.25, 0.3) is 17.1 Å². The molecule has 15 heteroatoms. The van der Waals surface area contributed by atoms with Crippen molar-refractivity contribution < 1.29 is 37.7 Å². The number of nitrogens with one attached hydrogen (secondary N) is 1. The van der Waals surface area contributed by atoms with Crippen LogP contribution in [0.3, 0.4) is 0 Å². The predicted molar refractivity (Wildman–Crippen MR) is 149 cm³/mol. The van der Waals surface area contributed by atoms with Gasteiger partial charge in [0.1, 0.15) is 18.5 Å². The Morgan fingerprint density at radius 3 is 2.32 bits per heavy atom. The van der Waals surface area contributed by atoms with Crippen LogP contribution in [0.2, 0.25) is 0 Å². The number of rotatable bonds is 9. The van der Waals surface area contributed by atoms with Crippen molar-refractivity contribution in [3.8, 4) is 5.95 Å². The number of aliphatic hydroxyl groups excluding tert-OH is 2. The van der Waals surface area contributed by atoms with Crippen molar-refractivity contribution in [2.24, 2.45) is 0 Å². The summed E-state index contributed by atoms with van der Waals surface area (Å²) in [6, 6.07) is 19.7. The average molecular weight is 610 g/mol. The second kappa shape index (κ2) is 12.0. The number of benzene rings is 2. The molecule has 0 radical (unpaired) electrons. The maximum Gasteiger partial charge on any atom is 0.490 e. The first-order valence-corrected chi connectivity index (χ1v) is 13.5. The molecule has 3 N–H and O–H groups in total. The van der Waals surface area contributed by atoms with E-state index in [1.54, 1.807) is 6.20 Å². The lowest BCUT2D eigenvalue weighted by Crippen LogP contribution is -2.40. The van der Waals surface area contributed by atoms with Gasteiger partial charge in [-0.3, -0.25) is 9.13 Å². The Kier molecular flexibility index (Phi) is 7.99. The molecule has 1 saturated heterocycles. The summed E-state index contributed by atoms with van der Waals surface area (Å²) < 4.78 is 52.3. The molecule has 3 aromatic heterocycles. The molecule has 6 rings (SSSR count). The number of carbonyl (C=O) groups is 1. The molecule has 0 spiro atoms. The predicted octanol–water partition coefficient (Wildman–Crippen LogP) is 2.98. The molecule has 12 nitrogen and oxygen atoms in total. The van der Waals surface area contributed by atoms with Gasteiger partial charge >= 0.3 is 12.1 Å². The number of esters is 1. The zero-order chi connectivity index (χ0) is 30.8. The van der Waals surface area contributed by atoms with Gasteiger partial charge in [0.05, 0.1) is 12.9 Å². The highest BCUT2D eigenvalue weighted by Gasteiger charge is 2.51. The Morgan fingerprint density at radius 1 is 1.05 bits per heavy atom. The second-order valence-corrected chi connectivity index (χ2v) is 10.0. The van der Waals surface area contributed by atoms with Crippen LogP contribution < -0.4 is 5.32 Å². The Labute approximate surface area is 247 Å². The maximum absolute atomic E-state index is 13.1. The van der Waals surface area contributed by atoms with Crippen molar-refractivity contribution in [2.75, 3.05) is 18.5 Å². The average Bonchev–Trinajstić information content (AvgIpc) is 3.78. The fourth-order valence-electron chi connectivity index (χ4n) is 5.12. The van der Waals surface area contributed by atoms with E-state index in [0.29, 0.717) is 12.4 Å². The van der Waals surface area contributed by atoms with Crippen molar-refractivity contribution in [1.29, 1.82) is 0 Å². The highest BCUT2D eigenvalue weighted by molar-refractivity contribution is 5.84. The molecule has 4 atom stereocenters. The SMILES string of the molecule is O=C(OC1C(O)[C@@H](CO)O[C@H]1n1cnc2c(NCC(c3ccccc3)c3ccccc3)nc(-n3ccnc3)nc21)C(F)(F)F. The van der Waals surface area contributed by atoms with Gasteiger partial charge in [0, 0.05) is 24.9 Å². The molecule has 0 bridgehead atoms. The Bertz CT molecular complexity index is 1680. The number of fused-ring (bicyclic) bond motifs is 1. The van der Waals surface area contributed by atoms with Gasteiger partial charge in [-0.25, -0.2) is 14.8 Å². The van der Waals surface area contributed by atoms with Crippen molar-refractivity contribution in [1.82, 2.24) is 29.1 Å². The van der Waals surface area contributed by atoms with Crippen molar-refractivity contribution in [3.63, 3.8) is 0 Å². The van der Waals surface area contributed by atoms with Crippen LogP contribution in [0.15, 0.2) is 85.7 Å². The molecular formula is C29H26F3N7O5. The van der Waals surface area contributed by atoms with Gasteiger partial charge < -0.3 is 25.0 Å². The fourth-order valence-corrected chi connectivity index (χ4v) is 5.12. The molecule has 5 aromatic rings. The standard InChI is InChI=1S/C29H26F3N7O5/c30-29(31,32)27(42)44-23-22(41)20(14-40)43-26(23)39-16-35-21-24(36-28(37-25(21)39)38-12-11-33-15-38)34-13-19(17-7-3-1-4-8-17)18-9-5-2-6-10-18/h1-12,15-16,19-20,22-23,26,40-41H,13-14H2,(H,34,36,37)/t20-,22?,23?,26-/m1/s1. The van der Waals surface area contributed by atoms with Gasteiger partial charge in [0.25, 0.3) is 0 Å². The summed E-state index contributed by atoms with van der Waals surface area (Å²) in [5, 5.41) is 23.6. The lowest BCUT2D eigenvalue weighted by atomic mass is 9.91. The zero-order valence-electron chi connectivity index (χ0n) is 22.8. The number of aliphatic hydroxyl groups is 2. The lowest BCUT2D eigenvalue weighted by Gasteiger charge is -2.22. The summed E-state index contributed by atoms with van der Waals surface area (Å²) in [5.41, 5.74) is 2.44. The summed E-state index contributed by atoms with van der Waals surface area (Å²) in [6.07, 6.45) is -5.93. The number of hydrogen-bond donors (Lipinski definition) is 3. The quantitative estimate of drug-likeness (QED) is 0.213. The largest absolute Gasteiger partial charge is 0.490 e. The van der Waals surface area contributed by atoms with E-state index in [0.717, 1.165) is 11.1 Å². The van der Waals surface area contributed by atoms with Crippen LogP contribution in [0.5, 0.6) is 0 Å². The van der Waals surface area contributed by atoms with Gasteiger partial charge in [-0.05, 0) is 11.1 Å². The number of nitrogens with zero attached hydrogens (tertiary/aromatic N) is 6. The first kappa shape index (κ1) is 29.2. The summed E-state index contributed by atoms with van der Waals surface area (Å²) in [7, 11) is 0. The third-order valence-electron chi connectivity index (χ3n) is 7.26. The number of anilines is 1. The monoisotopic (exact) mass is 609 g/mol. The van der Waals surface area contributed by atoms with E-state index in [4.69, 9.17) is 4.74 Å². The first-order valence-electron chi connectivity index (χ1n) is 13.5. The molecule has 0 aliphatic carbocycles. The van der Waals surface area contributed by atoms with Crippen LogP contribution in [0, 0.1) is 0 Å². The number of carbonyl (C=O) groups excluding carboxylic acids is 1. The zero-order valence-corrected chi connectivity index (χ0v) is 22.8. The van der Waals surface area contributed by atoms with E-state index < -0.39 is 43.3 Å². The highest BCUT2D eigenvalue weighted by Crippen LogP contribution is 2.36. The molecule has 44 heavy (non-hydrogen) atoms. The van der Waals surface area contributed by atoms with Gasteiger partial charge in [0.2, 0.25) is 5.95 Å². The molecule has 4 heterocycles. The number of halogens is 3. The van der Waals surface area contributed by atoms with Gasteiger partial charge in [-0.1, -0.05) is 60.7 Å². The Hall–Kier alpha value is -4.86. The summed E-state index contributed by atoms with van der Waals surface area (Å²) in [4.78, 5) is 29.4. The van der Waals surface area contributed by atoms with Crippen LogP contribution in [-0.4, -0.2) is 82.9 Å². The van der Waals surface area contributed by atoms with Gasteiger partial charge in [-0.2, -0.15) is 23.1 Å². The van der Waals surface area contributed by atoms with Crippen molar-refractivity contribution in [3.05, 3.63) is 96.8 Å². The maximum atomic E-state index is 13.1. The summed E-state index contributed by atoms with van der Waals surface area (Å²) in [6.45, 7) is -0.361. The Morgan fingerprint density at radius 2 is 1.73 bits per heavy atom. The Balaban J connectivity index is 1.40. The highest BCUT2D eigenvalue weighted by atomic mass is 19.4. The molecule has 228 valence electrons. The lowest BCUT2D eigenvalue weighted by molar-refractivity contribution is -0.211. The van der Waals surface area contributed by atoms with E-state index in [9.17, 15) is 28.2 Å². The summed E-state index contributed by atoms with van der Waals surface area (Å²) in [5.74, 6) is -2.15. The molecule has 0 amide bonds. The molecule has 1 aliphatic rings. The topological polar surface area (TPSA) is 149 Å². The van der Waals surface area contributed by atoms with Crippen molar-refractivity contribution >= 4 is 23.0 Å². The van der Waals surface area contributed by atoms with E-state index in [1.165, 1.54) is 28.0 Å². The molecule has 2 unspecified atom stereocenters. The van der Waals surface area contributed by atoms with E-state index in [1.807, 2.05) is 60.7 Å². The van der Waals surface area contributed by atoms with E-state index in [-0.39, 0.29) is 23.0 Å². The molecule has 2 aromatic carbocycles. The molecule has 1 fully saturated rings. The number of ether oxygens (including phenoxy) is 2. The van der Waals surface area contributed by atoms with E-state index >= 15 is 0 Å². The van der Waals surface area contributed by atoms with E-state index in [2.05, 4.69) is 30.0 Å². The molecule has 0 saturated carbocycles. The minimum absolute atomic E-state index is 0.0917. The van der Waals surface area contributed by atoms with Gasteiger partial charge in [-0.15, -0.1) is 0 Å². The number of hydrogen-bond acceptors (Lipinski definition) is 10. The van der Waals surface area contributed by atoms with Crippen LogP contribution in [0.4, 0.5) is 19.0 Å². The number of imidazole rings is 2. The van der Waals surface area contributed by atoms with Crippen LogP contribution >= 0.6 is 0 Å². The number of aromatic nitrogens is 6. The number of alkyl halides is 3. The normalized spacial score (nSPS) is 20.3. The van der Waals surface area contributed by atoms with Crippen LogP contribution in [0.1, 0.15) is 23.3 Å². The second-order valence-electron chi connectivity index (χ2n) is 10.0.